The topological polar surface area (TPSA) is 66.5 Å². The summed E-state index contributed by atoms with van der Waals surface area (Å²) in [4.78, 5) is 14.1. The first-order valence-corrected chi connectivity index (χ1v) is 9.91. The van der Waals surface area contributed by atoms with E-state index in [9.17, 15) is 13.2 Å². The highest BCUT2D eigenvalue weighted by molar-refractivity contribution is 7.92. The predicted molar refractivity (Wildman–Crippen MR) is 96.5 cm³/mol. The number of carbonyl (C=O) groups excluding carboxylic acids is 1. The molecule has 6 heteroatoms. The van der Waals surface area contributed by atoms with Crippen LogP contribution in [0.4, 0.5) is 0 Å². The largest absolute Gasteiger partial charge is 0.342 e. The highest BCUT2D eigenvalue weighted by atomic mass is 32.2. The maximum absolute atomic E-state index is 12.2. The third-order valence-electron chi connectivity index (χ3n) is 4.10. The van der Waals surface area contributed by atoms with E-state index >= 15 is 0 Å². The monoisotopic (exact) mass is 350 g/mol. The number of likely N-dealkylation sites (tertiary alicyclic amines) is 1. The summed E-state index contributed by atoms with van der Waals surface area (Å²) in [7, 11) is -3.53. The van der Waals surface area contributed by atoms with Crippen molar-refractivity contribution in [1.82, 2.24) is 9.62 Å². The van der Waals surface area contributed by atoms with Gasteiger partial charge in [0.25, 0.3) is 0 Å². The van der Waals surface area contributed by atoms with Crippen LogP contribution in [0.25, 0.3) is 6.08 Å². The second kappa shape index (κ2) is 8.44. The zero-order valence-corrected chi connectivity index (χ0v) is 15.1. The number of nitrogens with one attached hydrogen (secondary N) is 1. The highest BCUT2D eigenvalue weighted by Gasteiger charge is 2.25. The first-order valence-electron chi connectivity index (χ1n) is 8.36. The van der Waals surface area contributed by atoms with Crippen molar-refractivity contribution in [2.75, 3.05) is 19.6 Å². The smallest absolute Gasteiger partial charge is 0.233 e. The number of nitrogens with zero attached hydrogens (tertiary/aromatic N) is 1. The molecule has 1 amide bonds. The van der Waals surface area contributed by atoms with Crippen LogP contribution in [-0.4, -0.2) is 38.9 Å². The maximum atomic E-state index is 12.2. The van der Waals surface area contributed by atoms with Crippen LogP contribution in [0.1, 0.15) is 32.3 Å². The molecule has 1 N–H and O–H groups in total. The molecule has 2 rings (SSSR count). The average Bonchev–Trinajstić information content (AvgIpc) is 2.53. The first-order chi connectivity index (χ1) is 11.4. The molecule has 132 valence electrons. The van der Waals surface area contributed by atoms with Gasteiger partial charge in [-0.15, -0.1) is 0 Å². The number of benzene rings is 1. The summed E-state index contributed by atoms with van der Waals surface area (Å²) in [6.45, 7) is 5.95. The van der Waals surface area contributed by atoms with Gasteiger partial charge in [-0.3, -0.25) is 4.79 Å². The van der Waals surface area contributed by atoms with E-state index in [2.05, 4.69) is 18.6 Å². The molecule has 1 aromatic rings. The molecular weight excluding hydrogens is 324 g/mol. The van der Waals surface area contributed by atoms with Crippen LogP contribution in [0.5, 0.6) is 0 Å². The molecule has 0 spiro atoms. The van der Waals surface area contributed by atoms with E-state index < -0.39 is 10.0 Å². The van der Waals surface area contributed by atoms with Crippen molar-refractivity contribution in [1.29, 1.82) is 0 Å². The van der Waals surface area contributed by atoms with Gasteiger partial charge in [-0.05, 0) is 29.9 Å². The van der Waals surface area contributed by atoms with E-state index in [0.717, 1.165) is 30.5 Å². The molecule has 1 saturated heterocycles. The quantitative estimate of drug-likeness (QED) is 0.857. The second-order valence-corrected chi connectivity index (χ2v) is 8.30. The van der Waals surface area contributed by atoms with Gasteiger partial charge in [0.1, 0.15) is 0 Å². The number of sulfonamides is 1. The summed E-state index contributed by atoms with van der Waals surface area (Å²) >= 11 is 0. The Morgan fingerprint density at radius 1 is 1.21 bits per heavy atom. The lowest BCUT2D eigenvalue weighted by molar-refractivity contribution is -0.133. The highest BCUT2D eigenvalue weighted by Crippen LogP contribution is 2.21. The number of carbonyl (C=O) groups is 1. The fourth-order valence-corrected chi connectivity index (χ4v) is 3.92. The van der Waals surface area contributed by atoms with Gasteiger partial charge in [0, 0.05) is 31.5 Å². The van der Waals surface area contributed by atoms with Crippen molar-refractivity contribution in [3.05, 3.63) is 41.3 Å². The Labute approximate surface area is 144 Å². The Bertz CT molecular complexity index is 661. The lowest BCUT2D eigenvalue weighted by Gasteiger charge is -2.35. The molecule has 2 atom stereocenters. The van der Waals surface area contributed by atoms with Gasteiger partial charge >= 0.3 is 0 Å². The molecular formula is C18H26N2O3S. The zero-order valence-electron chi connectivity index (χ0n) is 14.3. The van der Waals surface area contributed by atoms with Crippen LogP contribution in [0, 0.1) is 11.8 Å². The van der Waals surface area contributed by atoms with Crippen LogP contribution in [0.15, 0.2) is 35.7 Å². The van der Waals surface area contributed by atoms with E-state index in [1.807, 2.05) is 35.2 Å². The summed E-state index contributed by atoms with van der Waals surface area (Å²) in [5.41, 5.74) is 0.815. The Kier molecular flexibility index (Phi) is 6.57. The van der Waals surface area contributed by atoms with Crippen LogP contribution in [0.2, 0.25) is 0 Å². The van der Waals surface area contributed by atoms with Gasteiger partial charge < -0.3 is 4.90 Å². The summed E-state index contributed by atoms with van der Waals surface area (Å²) in [6.07, 6.45) is 2.87. The summed E-state index contributed by atoms with van der Waals surface area (Å²) in [5, 5.41) is 1.14. The van der Waals surface area contributed by atoms with Crippen molar-refractivity contribution in [2.24, 2.45) is 11.8 Å². The Morgan fingerprint density at radius 3 is 2.46 bits per heavy atom. The Hall–Kier alpha value is -1.66. The molecule has 2 unspecified atom stereocenters. The van der Waals surface area contributed by atoms with Gasteiger partial charge in [-0.1, -0.05) is 44.2 Å². The van der Waals surface area contributed by atoms with Gasteiger partial charge in [-0.2, -0.15) is 0 Å². The minimum absolute atomic E-state index is 0.0168. The molecule has 0 saturated carbocycles. The first kappa shape index (κ1) is 18.7. The van der Waals surface area contributed by atoms with Gasteiger partial charge in [0.2, 0.25) is 15.9 Å². The minimum atomic E-state index is -3.53. The lowest BCUT2D eigenvalue weighted by atomic mass is 9.92. The molecule has 1 heterocycles. The number of hydrogen-bond acceptors (Lipinski definition) is 3. The standard InChI is InChI=1S/C18H26N2O3S/c1-15-12-16(2)14-20(13-15)18(21)8-10-19-24(22,23)11-9-17-6-4-3-5-7-17/h3-7,9,11,15-16,19H,8,10,12-14H2,1-2H3/b11-9+. The van der Waals surface area contributed by atoms with Gasteiger partial charge in [0.15, 0.2) is 0 Å². The van der Waals surface area contributed by atoms with E-state index in [1.54, 1.807) is 0 Å². The molecule has 1 aliphatic rings. The predicted octanol–water partition coefficient (Wildman–Crippen LogP) is 2.47. The lowest BCUT2D eigenvalue weighted by Crippen LogP contribution is -2.43. The molecule has 0 aromatic heterocycles. The van der Waals surface area contributed by atoms with Crippen molar-refractivity contribution in [3.63, 3.8) is 0 Å². The summed E-state index contributed by atoms with van der Waals surface area (Å²) in [6, 6.07) is 9.22. The summed E-state index contributed by atoms with van der Waals surface area (Å²) in [5.74, 6) is 1.02. The molecule has 0 aliphatic carbocycles. The van der Waals surface area contributed by atoms with E-state index in [0.29, 0.717) is 11.8 Å². The van der Waals surface area contributed by atoms with E-state index in [-0.39, 0.29) is 18.9 Å². The molecule has 1 aromatic carbocycles. The average molecular weight is 350 g/mol. The van der Waals surface area contributed by atoms with Gasteiger partial charge in [0.05, 0.1) is 0 Å². The summed E-state index contributed by atoms with van der Waals surface area (Å²) < 4.78 is 26.3. The Balaban J connectivity index is 1.80. The van der Waals surface area contributed by atoms with Crippen LogP contribution < -0.4 is 4.72 Å². The van der Waals surface area contributed by atoms with Crippen LogP contribution in [-0.2, 0) is 14.8 Å². The third kappa shape index (κ3) is 6.09. The molecule has 0 bridgehead atoms. The molecule has 24 heavy (non-hydrogen) atoms. The van der Waals surface area contributed by atoms with Crippen molar-refractivity contribution >= 4 is 22.0 Å². The third-order valence-corrected chi connectivity index (χ3v) is 5.20. The fourth-order valence-electron chi connectivity index (χ4n) is 3.11. The molecule has 5 nitrogen and oxygen atoms in total. The van der Waals surface area contributed by atoms with Crippen molar-refractivity contribution in [3.8, 4) is 0 Å². The second-order valence-electron chi connectivity index (χ2n) is 6.65. The molecule has 0 radical (unpaired) electrons. The Morgan fingerprint density at radius 2 is 1.83 bits per heavy atom. The fraction of sp³-hybridized carbons (Fsp3) is 0.500. The van der Waals surface area contributed by atoms with Crippen molar-refractivity contribution < 1.29 is 13.2 Å². The van der Waals surface area contributed by atoms with Crippen LogP contribution in [0.3, 0.4) is 0 Å². The number of hydrogen-bond donors (Lipinski definition) is 1. The number of piperidine rings is 1. The SMILES string of the molecule is CC1CC(C)CN(C(=O)CCNS(=O)(=O)/C=C/c2ccccc2)C1. The normalized spacial score (nSPS) is 22.0. The van der Waals surface area contributed by atoms with Gasteiger partial charge in [-0.25, -0.2) is 13.1 Å². The minimum Gasteiger partial charge on any atom is -0.342 e. The molecule has 1 aliphatic heterocycles. The van der Waals surface area contributed by atoms with Crippen molar-refractivity contribution in [2.45, 2.75) is 26.7 Å². The number of amides is 1. The zero-order chi connectivity index (χ0) is 17.6. The van der Waals surface area contributed by atoms with E-state index in [1.165, 1.54) is 6.08 Å². The number of rotatable bonds is 6. The van der Waals surface area contributed by atoms with Crippen LogP contribution >= 0.6 is 0 Å². The van der Waals surface area contributed by atoms with E-state index in [4.69, 9.17) is 0 Å². The maximum Gasteiger partial charge on any atom is 0.233 e. The molecule has 1 fully saturated rings.